The Labute approximate surface area is 358 Å². The van der Waals surface area contributed by atoms with Gasteiger partial charge in [0.05, 0.1) is 16.7 Å². The van der Waals surface area contributed by atoms with Crippen LogP contribution in [0.3, 0.4) is 0 Å². The van der Waals surface area contributed by atoms with Crippen molar-refractivity contribution in [3.05, 3.63) is 231 Å². The van der Waals surface area contributed by atoms with E-state index in [1.54, 1.807) is 0 Å². The Balaban J connectivity index is 1.17. The van der Waals surface area contributed by atoms with Gasteiger partial charge in [-0.2, -0.15) is 0 Å². The van der Waals surface area contributed by atoms with Crippen molar-refractivity contribution in [1.29, 1.82) is 0 Å². The van der Waals surface area contributed by atoms with Gasteiger partial charge >= 0.3 is 0 Å². The van der Waals surface area contributed by atoms with Crippen LogP contribution in [0.5, 0.6) is 0 Å². The molecule has 0 spiro atoms. The number of para-hydroxylation sites is 1. The van der Waals surface area contributed by atoms with Crippen molar-refractivity contribution in [2.24, 2.45) is 0 Å². The minimum absolute atomic E-state index is 1.09. The molecule has 12 rings (SSSR count). The molecule has 2 aromatic heterocycles. The van der Waals surface area contributed by atoms with Gasteiger partial charge in [-0.15, -0.1) is 11.3 Å². The maximum absolute atomic E-state index is 2.50. The van der Waals surface area contributed by atoms with Crippen LogP contribution >= 0.6 is 11.3 Å². The van der Waals surface area contributed by atoms with Gasteiger partial charge in [0.1, 0.15) is 0 Å². The Bertz CT molecular complexity index is 3570. The SMILES string of the molecule is c1ccc(-c2ccc(N(c3cccc(-c4ccccc4)c3)c3cc4ccccc4c4c3c3ccc(-c5cccc6c5sc5ccccc56)cc3n4-c3ccccc3)cc2)cc1. The fraction of sp³-hybridized carbons (Fsp3) is 0. The van der Waals surface area contributed by atoms with Crippen LogP contribution < -0.4 is 4.90 Å². The summed E-state index contributed by atoms with van der Waals surface area (Å²) in [6.07, 6.45) is 0. The Morgan fingerprint density at radius 2 is 0.984 bits per heavy atom. The molecule has 0 aliphatic carbocycles. The van der Waals surface area contributed by atoms with E-state index in [1.807, 2.05) is 11.3 Å². The first-order chi connectivity index (χ1) is 30.3. The zero-order valence-corrected chi connectivity index (χ0v) is 34.1. The van der Waals surface area contributed by atoms with Crippen molar-refractivity contribution < 1.29 is 0 Å². The topological polar surface area (TPSA) is 8.17 Å². The van der Waals surface area contributed by atoms with Crippen LogP contribution in [0.1, 0.15) is 0 Å². The summed E-state index contributed by atoms with van der Waals surface area (Å²) >= 11 is 1.88. The molecule has 10 aromatic carbocycles. The summed E-state index contributed by atoms with van der Waals surface area (Å²) in [7, 11) is 0. The van der Waals surface area contributed by atoms with E-state index in [2.05, 4.69) is 240 Å². The van der Waals surface area contributed by atoms with E-state index in [0.29, 0.717) is 0 Å². The number of thiophene rings is 1. The normalized spacial score (nSPS) is 11.6. The highest BCUT2D eigenvalue weighted by Gasteiger charge is 2.25. The number of fused-ring (bicyclic) bond motifs is 8. The first-order valence-corrected chi connectivity index (χ1v) is 21.7. The van der Waals surface area contributed by atoms with Crippen molar-refractivity contribution in [3.8, 4) is 39.1 Å². The van der Waals surface area contributed by atoms with Gasteiger partial charge in [-0.3, -0.25) is 0 Å². The lowest BCUT2D eigenvalue weighted by Crippen LogP contribution is -2.11. The minimum atomic E-state index is 1.09. The number of benzene rings is 10. The van der Waals surface area contributed by atoms with E-state index in [1.165, 1.54) is 86.1 Å². The molecule has 0 aliphatic heterocycles. The van der Waals surface area contributed by atoms with Crippen LogP contribution in [0.25, 0.3) is 91.8 Å². The molecule has 0 aliphatic rings. The average Bonchev–Trinajstić information content (AvgIpc) is 3.89. The molecule has 0 saturated heterocycles. The summed E-state index contributed by atoms with van der Waals surface area (Å²) < 4.78 is 5.14. The van der Waals surface area contributed by atoms with Crippen LogP contribution in [0.2, 0.25) is 0 Å². The fourth-order valence-corrected chi connectivity index (χ4v) is 10.6. The molecule has 0 bridgehead atoms. The fourth-order valence-electron chi connectivity index (χ4n) is 9.34. The number of anilines is 3. The second-order valence-corrected chi connectivity index (χ2v) is 16.7. The average molecular weight is 795 g/mol. The molecule has 0 fully saturated rings. The van der Waals surface area contributed by atoms with E-state index >= 15 is 0 Å². The highest BCUT2D eigenvalue weighted by atomic mass is 32.1. The van der Waals surface area contributed by atoms with Crippen LogP contribution in [-0.4, -0.2) is 4.57 Å². The molecule has 3 heteroatoms. The maximum atomic E-state index is 2.50. The van der Waals surface area contributed by atoms with E-state index in [-0.39, 0.29) is 0 Å². The van der Waals surface area contributed by atoms with Crippen molar-refractivity contribution in [2.75, 3.05) is 4.90 Å². The van der Waals surface area contributed by atoms with E-state index < -0.39 is 0 Å². The summed E-state index contributed by atoms with van der Waals surface area (Å²) in [6.45, 7) is 0. The van der Waals surface area contributed by atoms with Gasteiger partial charge in [0.25, 0.3) is 0 Å². The Hall–Kier alpha value is -7.72. The van der Waals surface area contributed by atoms with Gasteiger partial charge in [-0.25, -0.2) is 0 Å². The summed E-state index contributed by atoms with van der Waals surface area (Å²) in [5, 5.41) is 7.44. The van der Waals surface area contributed by atoms with Gasteiger partial charge < -0.3 is 9.47 Å². The van der Waals surface area contributed by atoms with Gasteiger partial charge in [0, 0.05) is 53.4 Å². The molecular formula is C58H38N2S. The first-order valence-electron chi connectivity index (χ1n) is 20.8. The largest absolute Gasteiger partial charge is 0.310 e. The number of hydrogen-bond donors (Lipinski definition) is 0. The van der Waals surface area contributed by atoms with Crippen molar-refractivity contribution in [1.82, 2.24) is 4.57 Å². The summed E-state index contributed by atoms with van der Waals surface area (Å²) in [6, 6.07) is 84.2. The standard InChI is InChI=1S/C58H38N2S/c1-4-16-39(17-5-1)41-30-33-46(34-31-41)59(47-24-14-21-42(36-47)40-18-6-2-7-19-40)54-38-43-20-10-11-25-48(43)57-56(54)52-35-32-44(37-53(52)60(57)45-22-8-3-9-23-45)49-27-15-28-51-50-26-12-13-29-55(50)61-58(49)51/h1-38H. The molecule has 12 aromatic rings. The number of rotatable bonds is 7. The predicted molar refractivity (Wildman–Crippen MR) is 262 cm³/mol. The number of hydrogen-bond acceptors (Lipinski definition) is 2. The van der Waals surface area contributed by atoms with Crippen LogP contribution in [0, 0.1) is 0 Å². The highest BCUT2D eigenvalue weighted by Crippen LogP contribution is 2.49. The van der Waals surface area contributed by atoms with Gasteiger partial charge in [-0.05, 0) is 93.4 Å². The molecule has 0 N–H and O–H groups in total. The van der Waals surface area contributed by atoms with Gasteiger partial charge in [0.2, 0.25) is 0 Å². The molecule has 0 atom stereocenters. The third-order valence-corrected chi connectivity index (χ3v) is 13.4. The van der Waals surface area contributed by atoms with Crippen LogP contribution in [0.15, 0.2) is 231 Å². The van der Waals surface area contributed by atoms with Gasteiger partial charge in [0.15, 0.2) is 0 Å². The third-order valence-electron chi connectivity index (χ3n) is 12.1. The number of nitrogens with zero attached hydrogens (tertiary/aromatic N) is 2. The zero-order chi connectivity index (χ0) is 40.3. The summed E-state index contributed by atoms with van der Waals surface area (Å²) in [4.78, 5) is 2.47. The van der Waals surface area contributed by atoms with Crippen molar-refractivity contribution >= 4 is 81.1 Å². The van der Waals surface area contributed by atoms with Crippen LogP contribution in [0.4, 0.5) is 17.1 Å². The predicted octanol–water partition coefficient (Wildman–Crippen LogP) is 16.8. The Kier molecular flexibility index (Phi) is 8.39. The molecule has 0 amide bonds. The zero-order valence-electron chi connectivity index (χ0n) is 33.2. The lowest BCUT2D eigenvalue weighted by Gasteiger charge is -2.28. The monoisotopic (exact) mass is 794 g/mol. The van der Waals surface area contributed by atoms with Crippen molar-refractivity contribution in [2.45, 2.75) is 0 Å². The van der Waals surface area contributed by atoms with E-state index in [4.69, 9.17) is 0 Å². The summed E-state index contributed by atoms with van der Waals surface area (Å²) in [5.41, 5.74) is 14.0. The Morgan fingerprint density at radius 3 is 1.77 bits per heavy atom. The number of aromatic nitrogens is 1. The second-order valence-electron chi connectivity index (χ2n) is 15.7. The quantitative estimate of drug-likeness (QED) is 0.156. The minimum Gasteiger partial charge on any atom is -0.310 e. The lowest BCUT2D eigenvalue weighted by atomic mass is 9.98. The first kappa shape index (κ1) is 35.2. The highest BCUT2D eigenvalue weighted by molar-refractivity contribution is 7.26. The molecule has 0 radical (unpaired) electrons. The maximum Gasteiger partial charge on any atom is 0.0640 e. The smallest absolute Gasteiger partial charge is 0.0640 e. The lowest BCUT2D eigenvalue weighted by molar-refractivity contribution is 1.19. The van der Waals surface area contributed by atoms with Gasteiger partial charge in [-0.1, -0.05) is 176 Å². The van der Waals surface area contributed by atoms with Crippen molar-refractivity contribution in [3.63, 3.8) is 0 Å². The molecular weight excluding hydrogens is 757 g/mol. The third kappa shape index (κ3) is 5.93. The Morgan fingerprint density at radius 1 is 0.377 bits per heavy atom. The van der Waals surface area contributed by atoms with E-state index in [9.17, 15) is 0 Å². The molecule has 0 saturated carbocycles. The summed E-state index contributed by atoms with van der Waals surface area (Å²) in [5.74, 6) is 0. The molecule has 286 valence electrons. The van der Waals surface area contributed by atoms with E-state index in [0.717, 1.165) is 22.7 Å². The van der Waals surface area contributed by atoms with Crippen LogP contribution in [-0.2, 0) is 0 Å². The molecule has 2 nitrogen and oxygen atoms in total. The molecule has 0 unspecified atom stereocenters. The molecule has 61 heavy (non-hydrogen) atoms. The molecule has 2 heterocycles. The second kappa shape index (κ2) is 14.5.